The van der Waals surface area contributed by atoms with E-state index in [4.69, 9.17) is 0 Å². The first kappa shape index (κ1) is 9.71. The molecular formula is C11H19N3. The molecule has 2 rings (SSSR count). The van der Waals surface area contributed by atoms with E-state index in [1.165, 1.54) is 18.5 Å². The smallest absolute Gasteiger partial charge is 0.0518 e. The van der Waals surface area contributed by atoms with Crippen LogP contribution in [-0.2, 0) is 13.6 Å². The van der Waals surface area contributed by atoms with Crippen LogP contribution in [0, 0.1) is 11.8 Å². The van der Waals surface area contributed by atoms with Crippen molar-refractivity contribution in [3.8, 4) is 0 Å². The predicted molar refractivity (Wildman–Crippen MR) is 56.8 cm³/mol. The summed E-state index contributed by atoms with van der Waals surface area (Å²) in [5.41, 5.74) is 1.26. The SMILES string of the molecule is CC(CNCc1ccnn1C)C1CC1. The van der Waals surface area contributed by atoms with Crippen LogP contribution in [0.4, 0.5) is 0 Å². The third-order valence-electron chi connectivity index (χ3n) is 3.12. The molecule has 1 aliphatic rings. The Morgan fingerprint density at radius 1 is 1.64 bits per heavy atom. The molecule has 3 heteroatoms. The molecule has 1 saturated carbocycles. The van der Waals surface area contributed by atoms with Gasteiger partial charge in [-0.2, -0.15) is 5.10 Å². The highest BCUT2D eigenvalue weighted by atomic mass is 15.3. The first-order valence-corrected chi connectivity index (χ1v) is 5.45. The van der Waals surface area contributed by atoms with Gasteiger partial charge in [0, 0.05) is 19.8 Å². The Kier molecular flexibility index (Phi) is 2.87. The molecule has 1 atom stereocenters. The van der Waals surface area contributed by atoms with E-state index in [0.29, 0.717) is 0 Å². The van der Waals surface area contributed by atoms with Gasteiger partial charge in [0.25, 0.3) is 0 Å². The van der Waals surface area contributed by atoms with Gasteiger partial charge in [-0.05, 0) is 37.3 Å². The van der Waals surface area contributed by atoms with Gasteiger partial charge < -0.3 is 5.32 Å². The van der Waals surface area contributed by atoms with Gasteiger partial charge in [-0.3, -0.25) is 4.68 Å². The Labute approximate surface area is 85.5 Å². The zero-order valence-corrected chi connectivity index (χ0v) is 9.03. The van der Waals surface area contributed by atoms with Crippen LogP contribution in [0.2, 0.25) is 0 Å². The summed E-state index contributed by atoms with van der Waals surface area (Å²) in [6.07, 6.45) is 4.73. The largest absolute Gasteiger partial charge is 0.311 e. The molecule has 14 heavy (non-hydrogen) atoms. The van der Waals surface area contributed by atoms with Crippen LogP contribution in [0.3, 0.4) is 0 Å². The van der Waals surface area contributed by atoms with Crippen LogP contribution in [0.1, 0.15) is 25.5 Å². The molecule has 0 aromatic carbocycles. The van der Waals surface area contributed by atoms with E-state index < -0.39 is 0 Å². The summed E-state index contributed by atoms with van der Waals surface area (Å²) in [4.78, 5) is 0. The molecule has 0 amide bonds. The molecule has 1 aromatic rings. The van der Waals surface area contributed by atoms with Gasteiger partial charge in [0.15, 0.2) is 0 Å². The monoisotopic (exact) mass is 193 g/mol. The molecule has 78 valence electrons. The summed E-state index contributed by atoms with van der Waals surface area (Å²) >= 11 is 0. The summed E-state index contributed by atoms with van der Waals surface area (Å²) in [7, 11) is 1.99. The van der Waals surface area contributed by atoms with Crippen molar-refractivity contribution >= 4 is 0 Å². The number of nitrogens with zero attached hydrogens (tertiary/aromatic N) is 2. The second kappa shape index (κ2) is 4.13. The Bertz CT molecular complexity index is 288. The van der Waals surface area contributed by atoms with Crippen LogP contribution >= 0.6 is 0 Å². The van der Waals surface area contributed by atoms with Gasteiger partial charge in [-0.25, -0.2) is 0 Å². The number of nitrogens with one attached hydrogen (secondary N) is 1. The van der Waals surface area contributed by atoms with Crippen LogP contribution in [0.25, 0.3) is 0 Å². The van der Waals surface area contributed by atoms with Crippen molar-refractivity contribution in [2.24, 2.45) is 18.9 Å². The molecule has 1 aromatic heterocycles. The van der Waals surface area contributed by atoms with Gasteiger partial charge in [-0.1, -0.05) is 6.92 Å². The minimum absolute atomic E-state index is 0.836. The van der Waals surface area contributed by atoms with Crippen molar-refractivity contribution in [1.29, 1.82) is 0 Å². The minimum atomic E-state index is 0.836. The maximum Gasteiger partial charge on any atom is 0.0518 e. The summed E-state index contributed by atoms with van der Waals surface area (Å²) in [5.74, 6) is 1.83. The minimum Gasteiger partial charge on any atom is -0.311 e. The standard InChI is InChI=1S/C11H19N3/c1-9(10-3-4-10)7-12-8-11-5-6-13-14(11)2/h5-6,9-10,12H,3-4,7-8H2,1-2H3. The molecule has 1 aliphatic carbocycles. The Hall–Kier alpha value is -0.830. The molecule has 0 aliphatic heterocycles. The number of hydrogen-bond acceptors (Lipinski definition) is 2. The van der Waals surface area contributed by atoms with Gasteiger partial charge in [-0.15, -0.1) is 0 Å². The molecular weight excluding hydrogens is 174 g/mol. The van der Waals surface area contributed by atoms with Crippen LogP contribution in [-0.4, -0.2) is 16.3 Å². The van der Waals surface area contributed by atoms with Crippen molar-refractivity contribution in [3.05, 3.63) is 18.0 Å². The normalized spacial score (nSPS) is 18.4. The second-order valence-electron chi connectivity index (χ2n) is 4.39. The molecule has 1 unspecified atom stereocenters. The quantitative estimate of drug-likeness (QED) is 0.769. The van der Waals surface area contributed by atoms with Crippen molar-refractivity contribution in [1.82, 2.24) is 15.1 Å². The average Bonchev–Trinajstić information content (AvgIpc) is 2.93. The van der Waals surface area contributed by atoms with Crippen LogP contribution in [0.15, 0.2) is 12.3 Å². The highest BCUT2D eigenvalue weighted by Gasteiger charge is 2.27. The van der Waals surface area contributed by atoms with E-state index in [1.54, 1.807) is 0 Å². The van der Waals surface area contributed by atoms with Gasteiger partial charge in [0.2, 0.25) is 0 Å². The summed E-state index contributed by atoms with van der Waals surface area (Å²) in [6, 6.07) is 2.06. The lowest BCUT2D eigenvalue weighted by Crippen LogP contribution is -2.23. The van der Waals surface area contributed by atoms with Gasteiger partial charge >= 0.3 is 0 Å². The lowest BCUT2D eigenvalue weighted by atomic mass is 10.1. The van der Waals surface area contributed by atoms with Crippen molar-refractivity contribution in [2.75, 3.05) is 6.54 Å². The summed E-state index contributed by atoms with van der Waals surface area (Å²) in [6.45, 7) is 4.41. The predicted octanol–water partition coefficient (Wildman–Crippen LogP) is 1.56. The first-order chi connectivity index (χ1) is 6.77. The van der Waals surface area contributed by atoms with Crippen molar-refractivity contribution in [3.63, 3.8) is 0 Å². The highest BCUT2D eigenvalue weighted by molar-refractivity contribution is 4.99. The number of hydrogen-bond donors (Lipinski definition) is 1. The Balaban J connectivity index is 1.69. The highest BCUT2D eigenvalue weighted by Crippen LogP contribution is 2.36. The van der Waals surface area contributed by atoms with E-state index in [-0.39, 0.29) is 0 Å². The van der Waals surface area contributed by atoms with Gasteiger partial charge in [0.1, 0.15) is 0 Å². The fourth-order valence-electron chi connectivity index (χ4n) is 1.83. The van der Waals surface area contributed by atoms with Crippen molar-refractivity contribution in [2.45, 2.75) is 26.3 Å². The molecule has 1 fully saturated rings. The average molecular weight is 193 g/mol. The first-order valence-electron chi connectivity index (χ1n) is 5.45. The summed E-state index contributed by atoms with van der Waals surface area (Å²) < 4.78 is 1.93. The van der Waals surface area contributed by atoms with Crippen LogP contribution in [0.5, 0.6) is 0 Å². The van der Waals surface area contributed by atoms with Gasteiger partial charge in [0.05, 0.1) is 5.69 Å². The second-order valence-corrected chi connectivity index (χ2v) is 4.39. The molecule has 3 nitrogen and oxygen atoms in total. The molecule has 1 heterocycles. The van der Waals surface area contributed by atoms with E-state index >= 15 is 0 Å². The zero-order valence-electron chi connectivity index (χ0n) is 9.03. The maximum absolute atomic E-state index is 4.14. The molecule has 0 bridgehead atoms. The van der Waals surface area contributed by atoms with Crippen LogP contribution < -0.4 is 5.32 Å². The van der Waals surface area contributed by atoms with E-state index in [9.17, 15) is 0 Å². The molecule has 1 N–H and O–H groups in total. The Morgan fingerprint density at radius 2 is 2.43 bits per heavy atom. The Morgan fingerprint density at radius 3 is 3.00 bits per heavy atom. The topological polar surface area (TPSA) is 29.9 Å². The number of aromatic nitrogens is 2. The lowest BCUT2D eigenvalue weighted by molar-refractivity contribution is 0.456. The number of rotatable bonds is 5. The summed E-state index contributed by atoms with van der Waals surface area (Å²) in [5, 5.41) is 7.63. The maximum atomic E-state index is 4.14. The molecule has 0 spiro atoms. The van der Waals surface area contributed by atoms with Crippen molar-refractivity contribution < 1.29 is 0 Å². The fourth-order valence-corrected chi connectivity index (χ4v) is 1.83. The van der Waals surface area contributed by atoms with E-state index in [2.05, 4.69) is 23.4 Å². The molecule has 0 radical (unpaired) electrons. The fraction of sp³-hybridized carbons (Fsp3) is 0.727. The third kappa shape index (κ3) is 2.35. The number of aryl methyl sites for hydroxylation is 1. The van der Waals surface area contributed by atoms with E-state index in [0.717, 1.165) is 24.9 Å². The molecule has 0 saturated heterocycles. The van der Waals surface area contributed by atoms with E-state index in [1.807, 2.05) is 17.9 Å². The lowest BCUT2D eigenvalue weighted by Gasteiger charge is -2.11. The third-order valence-corrected chi connectivity index (χ3v) is 3.12. The zero-order chi connectivity index (χ0) is 9.97.